The number of aryl methyl sites for hydroxylation is 1. The fourth-order valence-electron chi connectivity index (χ4n) is 3.59. The summed E-state index contributed by atoms with van der Waals surface area (Å²) in [6.45, 7) is 3.67. The van der Waals surface area contributed by atoms with Gasteiger partial charge in [0.1, 0.15) is 11.9 Å². The first-order valence-electron chi connectivity index (χ1n) is 9.78. The third-order valence-electron chi connectivity index (χ3n) is 5.17. The Bertz CT molecular complexity index is 998. The van der Waals surface area contributed by atoms with E-state index in [1.807, 2.05) is 35.9 Å². The van der Waals surface area contributed by atoms with Gasteiger partial charge in [0.2, 0.25) is 0 Å². The molecule has 0 aliphatic carbocycles. The lowest BCUT2D eigenvalue weighted by molar-refractivity contribution is 0.0383. The van der Waals surface area contributed by atoms with E-state index >= 15 is 0 Å². The molecule has 0 fully saturated rings. The van der Waals surface area contributed by atoms with Crippen LogP contribution in [0.15, 0.2) is 54.7 Å². The number of hydrogen-bond donors (Lipinski definition) is 1. The van der Waals surface area contributed by atoms with Gasteiger partial charge in [-0.3, -0.25) is 9.48 Å². The SMILES string of the molecule is COc1cc(C(=O)NCC2OCCc3cn(Cc4ccccc4)nc32)ccc1C. The van der Waals surface area contributed by atoms with Crippen LogP contribution in [0.3, 0.4) is 0 Å². The second kappa shape index (κ2) is 8.49. The van der Waals surface area contributed by atoms with E-state index in [9.17, 15) is 4.79 Å². The molecule has 0 radical (unpaired) electrons. The van der Waals surface area contributed by atoms with Crippen molar-refractivity contribution in [2.75, 3.05) is 20.3 Å². The lowest BCUT2D eigenvalue weighted by Gasteiger charge is -2.22. The number of fused-ring (bicyclic) bond motifs is 1. The van der Waals surface area contributed by atoms with Crippen LogP contribution in [0.2, 0.25) is 0 Å². The van der Waals surface area contributed by atoms with Crippen LogP contribution < -0.4 is 10.1 Å². The smallest absolute Gasteiger partial charge is 0.251 e. The van der Waals surface area contributed by atoms with E-state index in [-0.39, 0.29) is 12.0 Å². The van der Waals surface area contributed by atoms with Gasteiger partial charge in [0.25, 0.3) is 5.91 Å². The molecule has 1 unspecified atom stereocenters. The maximum Gasteiger partial charge on any atom is 0.251 e. The van der Waals surface area contributed by atoms with Crippen LogP contribution in [0.1, 0.15) is 38.8 Å². The van der Waals surface area contributed by atoms with Crippen LogP contribution in [-0.4, -0.2) is 35.9 Å². The van der Waals surface area contributed by atoms with Gasteiger partial charge in [-0.2, -0.15) is 5.10 Å². The summed E-state index contributed by atoms with van der Waals surface area (Å²) in [4.78, 5) is 12.6. The van der Waals surface area contributed by atoms with Crippen molar-refractivity contribution in [3.8, 4) is 5.75 Å². The largest absolute Gasteiger partial charge is 0.496 e. The number of carbonyl (C=O) groups excluding carboxylic acids is 1. The van der Waals surface area contributed by atoms with Crippen LogP contribution in [-0.2, 0) is 17.7 Å². The molecule has 1 aromatic heterocycles. The minimum Gasteiger partial charge on any atom is -0.496 e. The Hall–Kier alpha value is -3.12. The predicted octanol–water partition coefficient (Wildman–Crippen LogP) is 3.29. The summed E-state index contributed by atoms with van der Waals surface area (Å²) in [5, 5.41) is 7.71. The van der Waals surface area contributed by atoms with Crippen LogP contribution in [0.25, 0.3) is 0 Å². The van der Waals surface area contributed by atoms with Crippen LogP contribution in [0, 0.1) is 6.92 Å². The number of amides is 1. The lowest BCUT2D eigenvalue weighted by atomic mass is 10.1. The predicted molar refractivity (Wildman–Crippen MR) is 110 cm³/mol. The lowest BCUT2D eigenvalue weighted by Crippen LogP contribution is -2.32. The second-order valence-electron chi connectivity index (χ2n) is 7.23. The van der Waals surface area contributed by atoms with E-state index in [1.165, 1.54) is 11.1 Å². The molecule has 1 aliphatic rings. The average Bonchev–Trinajstić information content (AvgIpc) is 3.16. The van der Waals surface area contributed by atoms with Crippen molar-refractivity contribution in [1.82, 2.24) is 15.1 Å². The third kappa shape index (κ3) is 4.32. The summed E-state index contributed by atoms with van der Waals surface area (Å²) >= 11 is 0. The van der Waals surface area contributed by atoms with Gasteiger partial charge in [0.05, 0.1) is 26.0 Å². The maximum atomic E-state index is 12.6. The quantitative estimate of drug-likeness (QED) is 0.700. The van der Waals surface area contributed by atoms with E-state index in [0.29, 0.717) is 24.5 Å². The van der Waals surface area contributed by atoms with Crippen molar-refractivity contribution >= 4 is 5.91 Å². The Morgan fingerprint density at radius 1 is 1.28 bits per heavy atom. The fraction of sp³-hybridized carbons (Fsp3) is 0.304. The first-order chi connectivity index (χ1) is 14.1. The Labute approximate surface area is 170 Å². The van der Waals surface area contributed by atoms with Crippen LogP contribution in [0.4, 0.5) is 0 Å². The van der Waals surface area contributed by atoms with Gasteiger partial charge in [0.15, 0.2) is 0 Å². The number of nitrogens with zero attached hydrogens (tertiary/aromatic N) is 2. The molecule has 6 heteroatoms. The van der Waals surface area contributed by atoms with Crippen molar-refractivity contribution in [2.24, 2.45) is 0 Å². The van der Waals surface area contributed by atoms with Crippen molar-refractivity contribution < 1.29 is 14.3 Å². The van der Waals surface area contributed by atoms with Crippen molar-refractivity contribution in [1.29, 1.82) is 0 Å². The standard InChI is InChI=1S/C23H25N3O3/c1-16-8-9-18(12-20(16)28-2)23(27)24-13-21-22-19(10-11-29-21)15-26(25-22)14-17-6-4-3-5-7-17/h3-9,12,15,21H,10-11,13-14H2,1-2H3,(H,24,27). The minimum atomic E-state index is -0.243. The number of methoxy groups -OCH3 is 1. The molecule has 6 nitrogen and oxygen atoms in total. The van der Waals surface area contributed by atoms with Crippen molar-refractivity contribution in [3.05, 3.63) is 82.7 Å². The van der Waals surface area contributed by atoms with Gasteiger partial charge in [0, 0.05) is 18.3 Å². The molecule has 0 spiro atoms. The van der Waals surface area contributed by atoms with Gasteiger partial charge in [-0.15, -0.1) is 0 Å². The van der Waals surface area contributed by atoms with E-state index in [1.54, 1.807) is 19.2 Å². The number of carbonyl (C=O) groups is 1. The molecule has 1 aliphatic heterocycles. The molecular formula is C23H25N3O3. The number of ether oxygens (including phenoxy) is 2. The first-order valence-corrected chi connectivity index (χ1v) is 9.78. The number of nitrogens with one attached hydrogen (secondary N) is 1. The summed E-state index contributed by atoms with van der Waals surface area (Å²) in [6, 6.07) is 15.7. The van der Waals surface area contributed by atoms with E-state index in [2.05, 4.69) is 23.6 Å². The topological polar surface area (TPSA) is 65.4 Å². The number of hydrogen-bond acceptors (Lipinski definition) is 4. The normalized spacial score (nSPS) is 15.6. The summed E-state index contributed by atoms with van der Waals surface area (Å²) in [7, 11) is 1.60. The van der Waals surface area contributed by atoms with Gasteiger partial charge in [-0.05, 0) is 42.2 Å². The molecule has 1 amide bonds. The second-order valence-corrected chi connectivity index (χ2v) is 7.23. The molecule has 3 aromatic rings. The highest BCUT2D eigenvalue weighted by Gasteiger charge is 2.25. The summed E-state index contributed by atoms with van der Waals surface area (Å²) < 4.78 is 13.2. The minimum absolute atomic E-state index is 0.150. The van der Waals surface area contributed by atoms with Gasteiger partial charge in [-0.1, -0.05) is 36.4 Å². The van der Waals surface area contributed by atoms with Crippen LogP contribution >= 0.6 is 0 Å². The molecule has 0 bridgehead atoms. The zero-order valence-corrected chi connectivity index (χ0v) is 16.7. The average molecular weight is 391 g/mol. The Morgan fingerprint density at radius 2 is 2.10 bits per heavy atom. The van der Waals surface area contributed by atoms with Gasteiger partial charge in [-0.25, -0.2) is 0 Å². The van der Waals surface area contributed by atoms with E-state index < -0.39 is 0 Å². The summed E-state index contributed by atoms with van der Waals surface area (Å²) in [5.74, 6) is 0.552. The molecule has 2 heterocycles. The molecule has 1 atom stereocenters. The Balaban J connectivity index is 1.44. The van der Waals surface area contributed by atoms with Gasteiger partial charge < -0.3 is 14.8 Å². The zero-order chi connectivity index (χ0) is 20.2. The maximum absolute atomic E-state index is 12.6. The number of benzene rings is 2. The monoisotopic (exact) mass is 391 g/mol. The molecule has 0 saturated heterocycles. The molecular weight excluding hydrogens is 366 g/mol. The first kappa shape index (κ1) is 19.2. The van der Waals surface area contributed by atoms with Crippen LogP contribution in [0.5, 0.6) is 5.75 Å². The fourth-order valence-corrected chi connectivity index (χ4v) is 3.59. The van der Waals surface area contributed by atoms with E-state index in [4.69, 9.17) is 14.6 Å². The zero-order valence-electron chi connectivity index (χ0n) is 16.7. The summed E-state index contributed by atoms with van der Waals surface area (Å²) in [5.41, 5.74) is 4.86. The highest BCUT2D eigenvalue weighted by Crippen LogP contribution is 2.26. The number of rotatable bonds is 6. The highest BCUT2D eigenvalue weighted by molar-refractivity contribution is 5.94. The molecule has 29 heavy (non-hydrogen) atoms. The van der Waals surface area contributed by atoms with Gasteiger partial charge >= 0.3 is 0 Å². The molecule has 2 aromatic carbocycles. The Morgan fingerprint density at radius 3 is 2.90 bits per heavy atom. The molecule has 4 rings (SSSR count). The molecule has 0 saturated carbocycles. The Kier molecular flexibility index (Phi) is 5.62. The number of aromatic nitrogens is 2. The highest BCUT2D eigenvalue weighted by atomic mass is 16.5. The third-order valence-corrected chi connectivity index (χ3v) is 5.17. The van der Waals surface area contributed by atoms with Crippen molar-refractivity contribution in [3.63, 3.8) is 0 Å². The van der Waals surface area contributed by atoms with Crippen molar-refractivity contribution in [2.45, 2.75) is 26.0 Å². The molecule has 150 valence electrons. The summed E-state index contributed by atoms with van der Waals surface area (Å²) in [6.07, 6.45) is 2.68. The van der Waals surface area contributed by atoms with E-state index in [0.717, 1.165) is 24.2 Å². The molecule has 1 N–H and O–H groups in total.